The molecule has 22 heavy (non-hydrogen) atoms. The number of carbonyl (C=O) groups excluding carboxylic acids is 1. The van der Waals surface area contributed by atoms with Crippen LogP contribution in [0.2, 0.25) is 0 Å². The molecule has 0 amide bonds. The van der Waals surface area contributed by atoms with Crippen LogP contribution >= 0.6 is 63.0 Å². The van der Waals surface area contributed by atoms with Gasteiger partial charge in [-0.05, 0) is 23.8 Å². The molecule has 0 spiro atoms. The normalized spacial score (nSPS) is 22.5. The van der Waals surface area contributed by atoms with Crippen molar-refractivity contribution in [3.8, 4) is 0 Å². The van der Waals surface area contributed by atoms with Crippen molar-refractivity contribution in [2.75, 3.05) is 17.3 Å². The van der Waals surface area contributed by atoms with Crippen molar-refractivity contribution in [2.24, 2.45) is 0 Å². The van der Waals surface area contributed by atoms with Crippen LogP contribution in [-0.4, -0.2) is 32.9 Å². The third kappa shape index (κ3) is 6.19. The molecule has 3 unspecified atom stereocenters. The van der Waals surface area contributed by atoms with E-state index >= 15 is 0 Å². The van der Waals surface area contributed by atoms with E-state index in [4.69, 9.17) is 0 Å². The molecule has 0 radical (unpaired) electrons. The largest absolute Gasteiger partial charge is 0.282 e. The molecule has 120 valence electrons. The Hall–Kier alpha value is 0.510. The molecule has 0 N–H and O–H groups in total. The van der Waals surface area contributed by atoms with Crippen LogP contribution in [0.25, 0.3) is 0 Å². The van der Waals surface area contributed by atoms with E-state index in [0.717, 1.165) is 16.0 Å². The monoisotopic (exact) mass is 434 g/mol. The lowest BCUT2D eigenvalue weighted by molar-refractivity contribution is -0.107. The third-order valence-electron chi connectivity index (χ3n) is 3.03. The first-order valence-corrected chi connectivity index (χ1v) is 11.8. The summed E-state index contributed by atoms with van der Waals surface area (Å²) >= 11 is 11.0. The first kappa shape index (κ1) is 18.8. The summed E-state index contributed by atoms with van der Waals surface area (Å²) in [6, 6.07) is 8.66. The quantitative estimate of drug-likeness (QED) is 0.497. The van der Waals surface area contributed by atoms with E-state index in [1.165, 1.54) is 29.2 Å². The molecule has 1 heterocycles. The predicted octanol–water partition coefficient (Wildman–Crippen LogP) is 5.86. The Kier molecular flexibility index (Phi) is 8.33. The zero-order valence-corrected chi connectivity index (χ0v) is 17.2. The van der Waals surface area contributed by atoms with Crippen LogP contribution < -0.4 is 0 Å². The van der Waals surface area contributed by atoms with E-state index in [1.54, 1.807) is 0 Å². The number of hydrogen-bond acceptors (Lipinski definition) is 5. The molecule has 1 saturated heterocycles. The number of carbonyl (C=O) groups is 1. The number of rotatable bonds is 7. The minimum atomic E-state index is 0.0780. The number of halogens is 1. The second kappa shape index (κ2) is 9.72. The lowest BCUT2D eigenvalue weighted by Gasteiger charge is -2.12. The number of thioether (sulfide) groups is 4. The standard InChI is InChI=1S/C16H19BrOS4/c1-3-15(18)21-11(2)8-19-9-14-10-20-16(22-14)12-4-6-13(17)7-5-12/h3-7,11,14,16H,1,8-10H2,2H3. The van der Waals surface area contributed by atoms with E-state index in [0.29, 0.717) is 15.1 Å². The van der Waals surface area contributed by atoms with Gasteiger partial charge < -0.3 is 0 Å². The lowest BCUT2D eigenvalue weighted by Crippen LogP contribution is -2.09. The van der Waals surface area contributed by atoms with Gasteiger partial charge in [-0.1, -0.05) is 53.3 Å². The highest BCUT2D eigenvalue weighted by molar-refractivity contribution is 9.10. The Balaban J connectivity index is 1.69. The van der Waals surface area contributed by atoms with Crippen LogP contribution in [0.15, 0.2) is 41.4 Å². The topological polar surface area (TPSA) is 17.1 Å². The average Bonchev–Trinajstić information content (AvgIpc) is 2.96. The summed E-state index contributed by atoms with van der Waals surface area (Å²) in [6.07, 6.45) is 1.40. The van der Waals surface area contributed by atoms with Crippen LogP contribution in [-0.2, 0) is 4.79 Å². The Labute approximate surface area is 158 Å². The fourth-order valence-corrected chi connectivity index (χ4v) is 7.99. The average molecular weight is 435 g/mol. The summed E-state index contributed by atoms with van der Waals surface area (Å²) in [5.74, 6) is 3.40. The van der Waals surface area contributed by atoms with Gasteiger partial charge in [0.1, 0.15) is 0 Å². The van der Waals surface area contributed by atoms with Gasteiger partial charge in [-0.3, -0.25) is 4.79 Å². The second-order valence-corrected chi connectivity index (χ2v) is 11.2. The molecule has 1 aliphatic heterocycles. The van der Waals surface area contributed by atoms with Gasteiger partial charge in [-0.15, -0.1) is 23.5 Å². The predicted molar refractivity (Wildman–Crippen MR) is 110 cm³/mol. The van der Waals surface area contributed by atoms with Gasteiger partial charge in [0, 0.05) is 32.2 Å². The molecule has 0 aromatic heterocycles. The molecule has 0 bridgehead atoms. The third-order valence-corrected chi connectivity index (χ3v) is 9.68. The van der Waals surface area contributed by atoms with Gasteiger partial charge in [-0.25, -0.2) is 0 Å². The maximum Gasteiger partial charge on any atom is 0.211 e. The van der Waals surface area contributed by atoms with Crippen molar-refractivity contribution in [1.82, 2.24) is 0 Å². The van der Waals surface area contributed by atoms with Gasteiger partial charge in [0.2, 0.25) is 5.12 Å². The van der Waals surface area contributed by atoms with Gasteiger partial charge in [0.05, 0.1) is 4.58 Å². The first-order valence-electron chi connectivity index (χ1n) is 7.02. The fraction of sp³-hybridized carbons (Fsp3) is 0.438. The van der Waals surface area contributed by atoms with Crippen molar-refractivity contribution < 1.29 is 4.79 Å². The fourth-order valence-electron chi connectivity index (χ4n) is 1.98. The van der Waals surface area contributed by atoms with Crippen molar-refractivity contribution >= 4 is 68.1 Å². The molecule has 0 saturated carbocycles. The molecule has 1 aromatic rings. The summed E-state index contributed by atoms with van der Waals surface area (Å²) in [4.78, 5) is 11.3. The molecule has 1 aromatic carbocycles. The van der Waals surface area contributed by atoms with Crippen molar-refractivity contribution in [3.05, 3.63) is 47.0 Å². The maximum atomic E-state index is 11.3. The molecule has 1 nitrogen and oxygen atoms in total. The molecule has 6 heteroatoms. The highest BCUT2D eigenvalue weighted by Gasteiger charge is 2.27. The number of hydrogen-bond donors (Lipinski definition) is 0. The smallest absolute Gasteiger partial charge is 0.211 e. The van der Waals surface area contributed by atoms with Crippen LogP contribution in [0.5, 0.6) is 0 Å². The van der Waals surface area contributed by atoms with Crippen molar-refractivity contribution in [3.63, 3.8) is 0 Å². The molecular formula is C16H19BrOS4. The minimum Gasteiger partial charge on any atom is -0.282 e. The maximum absolute atomic E-state index is 11.3. The highest BCUT2D eigenvalue weighted by atomic mass is 79.9. The van der Waals surface area contributed by atoms with Crippen molar-refractivity contribution in [1.29, 1.82) is 0 Å². The second-order valence-electron chi connectivity index (χ2n) is 4.96. The molecular weight excluding hydrogens is 416 g/mol. The van der Waals surface area contributed by atoms with Crippen molar-refractivity contribution in [2.45, 2.75) is 22.0 Å². The Morgan fingerprint density at radius 2 is 2.23 bits per heavy atom. The van der Waals surface area contributed by atoms with Gasteiger partial charge in [0.15, 0.2) is 0 Å². The summed E-state index contributed by atoms with van der Waals surface area (Å²) in [5, 5.41) is 1.14. The Morgan fingerprint density at radius 3 is 2.91 bits per heavy atom. The van der Waals surface area contributed by atoms with Gasteiger partial charge in [-0.2, -0.15) is 11.8 Å². The van der Waals surface area contributed by atoms with Crippen LogP contribution in [0.4, 0.5) is 0 Å². The van der Waals surface area contributed by atoms with E-state index < -0.39 is 0 Å². The molecule has 1 fully saturated rings. The zero-order chi connectivity index (χ0) is 15.9. The first-order chi connectivity index (χ1) is 10.6. The summed E-state index contributed by atoms with van der Waals surface area (Å²) in [7, 11) is 0. The van der Waals surface area contributed by atoms with E-state index in [1.807, 2.05) is 23.5 Å². The van der Waals surface area contributed by atoms with Gasteiger partial charge in [0.25, 0.3) is 0 Å². The van der Waals surface area contributed by atoms with Crippen LogP contribution in [0.1, 0.15) is 17.1 Å². The summed E-state index contributed by atoms with van der Waals surface area (Å²) in [5.41, 5.74) is 1.41. The SMILES string of the molecule is C=CC(=O)SC(C)CSCC1CSC(c2ccc(Br)cc2)S1. The van der Waals surface area contributed by atoms with Crippen LogP contribution in [0, 0.1) is 0 Å². The van der Waals surface area contributed by atoms with E-state index in [2.05, 4.69) is 65.5 Å². The molecule has 2 rings (SSSR count). The lowest BCUT2D eigenvalue weighted by atomic mass is 10.2. The summed E-state index contributed by atoms with van der Waals surface area (Å²) in [6.45, 7) is 5.62. The molecule has 3 atom stereocenters. The van der Waals surface area contributed by atoms with E-state index in [9.17, 15) is 4.79 Å². The highest BCUT2D eigenvalue weighted by Crippen LogP contribution is 2.50. The molecule has 0 aliphatic carbocycles. The zero-order valence-electron chi connectivity index (χ0n) is 12.4. The minimum absolute atomic E-state index is 0.0780. The summed E-state index contributed by atoms with van der Waals surface area (Å²) < 4.78 is 1.70. The Bertz CT molecular complexity index is 505. The van der Waals surface area contributed by atoms with Crippen LogP contribution in [0.3, 0.4) is 0 Å². The molecule has 1 aliphatic rings. The van der Waals surface area contributed by atoms with E-state index in [-0.39, 0.29) is 5.12 Å². The van der Waals surface area contributed by atoms with Gasteiger partial charge >= 0.3 is 0 Å². The Morgan fingerprint density at radius 1 is 1.50 bits per heavy atom. The number of benzene rings is 1.